The van der Waals surface area contributed by atoms with Crippen LogP contribution in [0.5, 0.6) is 11.5 Å². The lowest BCUT2D eigenvalue weighted by molar-refractivity contribution is 0.267. The van der Waals surface area contributed by atoms with E-state index in [2.05, 4.69) is 22.4 Å². The van der Waals surface area contributed by atoms with E-state index in [4.69, 9.17) is 33.3 Å². The normalized spacial score (nSPS) is 10.6. The van der Waals surface area contributed by atoms with Gasteiger partial charge in [-0.3, -0.25) is 5.43 Å². The molecule has 2 N–H and O–H groups in total. The first-order valence-electron chi connectivity index (χ1n) is 9.42. The maximum atomic E-state index is 6.12. The summed E-state index contributed by atoms with van der Waals surface area (Å²) in [4.78, 5) is 0. The first kappa shape index (κ1) is 22.7. The molecular formula is C22H26ClN3O2S. The highest BCUT2D eigenvalue weighted by molar-refractivity contribution is 7.80. The zero-order valence-electron chi connectivity index (χ0n) is 16.7. The number of hydrogen-bond acceptors (Lipinski definition) is 4. The molecule has 0 aliphatic heterocycles. The number of halogens is 1. The van der Waals surface area contributed by atoms with Gasteiger partial charge in [0.25, 0.3) is 0 Å². The number of benzene rings is 2. The highest BCUT2D eigenvalue weighted by Crippen LogP contribution is 2.34. The van der Waals surface area contributed by atoms with Gasteiger partial charge in [-0.2, -0.15) is 5.10 Å². The molecule has 0 saturated heterocycles. The number of ether oxygens (including phenoxy) is 2. The Labute approximate surface area is 182 Å². The van der Waals surface area contributed by atoms with E-state index in [9.17, 15) is 0 Å². The van der Waals surface area contributed by atoms with E-state index in [0.717, 1.165) is 23.2 Å². The van der Waals surface area contributed by atoms with E-state index in [1.54, 1.807) is 6.21 Å². The van der Waals surface area contributed by atoms with Crippen molar-refractivity contribution >= 4 is 35.1 Å². The Morgan fingerprint density at radius 1 is 1.21 bits per heavy atom. The van der Waals surface area contributed by atoms with Crippen LogP contribution in [-0.4, -0.2) is 24.5 Å². The number of hydrogen-bond donors (Lipinski definition) is 2. The summed E-state index contributed by atoms with van der Waals surface area (Å²) in [6, 6.07) is 11.5. The van der Waals surface area contributed by atoms with Crippen LogP contribution in [0.25, 0.3) is 0 Å². The molecule has 5 nitrogen and oxygen atoms in total. The van der Waals surface area contributed by atoms with Crippen molar-refractivity contribution in [2.24, 2.45) is 5.10 Å². The lowest BCUT2D eigenvalue weighted by Crippen LogP contribution is -2.31. The second kappa shape index (κ2) is 12.1. The second-order valence-corrected chi connectivity index (χ2v) is 6.92. The average Bonchev–Trinajstić information content (AvgIpc) is 2.69. The van der Waals surface area contributed by atoms with Crippen LogP contribution in [-0.2, 0) is 13.0 Å². The lowest BCUT2D eigenvalue weighted by atomic mass is 10.1. The molecule has 2 rings (SSSR count). The number of nitrogens with zero attached hydrogens (tertiary/aromatic N) is 1. The van der Waals surface area contributed by atoms with Crippen LogP contribution in [0.1, 0.15) is 30.5 Å². The molecule has 7 heteroatoms. The van der Waals surface area contributed by atoms with Crippen molar-refractivity contribution < 1.29 is 9.47 Å². The molecular weight excluding hydrogens is 406 g/mol. The molecule has 29 heavy (non-hydrogen) atoms. The van der Waals surface area contributed by atoms with Crippen LogP contribution < -0.4 is 20.2 Å². The Bertz CT molecular complexity index is 854. The van der Waals surface area contributed by atoms with Gasteiger partial charge in [0.15, 0.2) is 16.6 Å². The Kier molecular flexibility index (Phi) is 9.47. The van der Waals surface area contributed by atoms with E-state index < -0.39 is 0 Å². The van der Waals surface area contributed by atoms with Crippen molar-refractivity contribution in [3.63, 3.8) is 0 Å². The third-order valence-electron chi connectivity index (χ3n) is 3.83. The Balaban J connectivity index is 2.25. The van der Waals surface area contributed by atoms with Crippen LogP contribution in [0.15, 0.2) is 54.2 Å². The molecule has 0 atom stereocenters. The number of thiocarbonyl (C=S) groups is 1. The molecule has 0 amide bonds. The van der Waals surface area contributed by atoms with E-state index in [0.29, 0.717) is 41.3 Å². The maximum Gasteiger partial charge on any atom is 0.186 e. The summed E-state index contributed by atoms with van der Waals surface area (Å²) in [5, 5.41) is 8.33. The van der Waals surface area contributed by atoms with Crippen molar-refractivity contribution in [2.75, 3.05) is 13.2 Å². The van der Waals surface area contributed by atoms with Crippen molar-refractivity contribution in [2.45, 2.75) is 26.9 Å². The minimum Gasteiger partial charge on any atom is -0.490 e. The molecule has 2 aromatic rings. The predicted octanol–water partition coefficient (Wildman–Crippen LogP) is 4.86. The summed E-state index contributed by atoms with van der Waals surface area (Å²) < 4.78 is 12.0. The van der Waals surface area contributed by atoms with Gasteiger partial charge >= 0.3 is 0 Å². The highest BCUT2D eigenvalue weighted by Gasteiger charge is 2.13. The van der Waals surface area contributed by atoms with Gasteiger partial charge in [-0.1, -0.05) is 29.8 Å². The SMILES string of the molecule is C=CCc1cc(/C=N\NC(=S)NCC)cc(OCC)c1OCc1ccc(Cl)cc1. The maximum absolute atomic E-state index is 6.12. The average molecular weight is 432 g/mol. The highest BCUT2D eigenvalue weighted by atomic mass is 35.5. The monoisotopic (exact) mass is 431 g/mol. The number of allylic oxidation sites excluding steroid dienone is 1. The van der Waals surface area contributed by atoms with Gasteiger partial charge < -0.3 is 14.8 Å². The summed E-state index contributed by atoms with van der Waals surface area (Å²) in [5.41, 5.74) is 5.65. The van der Waals surface area contributed by atoms with E-state index in [1.165, 1.54) is 0 Å². The van der Waals surface area contributed by atoms with Crippen LogP contribution in [0.3, 0.4) is 0 Å². The Hall–Kier alpha value is -2.57. The van der Waals surface area contributed by atoms with Crippen molar-refractivity contribution in [3.8, 4) is 11.5 Å². The van der Waals surface area contributed by atoms with Crippen LogP contribution >= 0.6 is 23.8 Å². The fraction of sp³-hybridized carbons (Fsp3) is 0.273. The molecule has 0 aliphatic carbocycles. The third kappa shape index (κ3) is 7.40. The molecule has 2 aromatic carbocycles. The number of nitrogens with one attached hydrogen (secondary N) is 2. The summed E-state index contributed by atoms with van der Waals surface area (Å²) >= 11 is 11.1. The lowest BCUT2D eigenvalue weighted by Gasteiger charge is -2.17. The summed E-state index contributed by atoms with van der Waals surface area (Å²) in [5.74, 6) is 1.37. The van der Waals surface area contributed by atoms with E-state index >= 15 is 0 Å². The first-order chi connectivity index (χ1) is 14.1. The molecule has 0 aliphatic rings. The van der Waals surface area contributed by atoms with Gasteiger partial charge in [-0.05, 0) is 67.9 Å². The Morgan fingerprint density at radius 2 is 1.97 bits per heavy atom. The van der Waals surface area contributed by atoms with Gasteiger partial charge in [-0.15, -0.1) is 6.58 Å². The molecule has 0 heterocycles. The molecule has 0 unspecified atom stereocenters. The quantitative estimate of drug-likeness (QED) is 0.243. The second-order valence-electron chi connectivity index (χ2n) is 6.08. The molecule has 0 spiro atoms. The van der Waals surface area contributed by atoms with Crippen molar-refractivity contribution in [1.29, 1.82) is 0 Å². The number of hydrazone groups is 1. The topological polar surface area (TPSA) is 54.9 Å². The van der Waals surface area contributed by atoms with Crippen LogP contribution in [0.4, 0.5) is 0 Å². The van der Waals surface area contributed by atoms with Gasteiger partial charge in [0.1, 0.15) is 6.61 Å². The Morgan fingerprint density at radius 3 is 2.62 bits per heavy atom. The van der Waals surface area contributed by atoms with Crippen molar-refractivity contribution in [3.05, 3.63) is 70.8 Å². The van der Waals surface area contributed by atoms with Gasteiger partial charge in [-0.25, -0.2) is 0 Å². The molecule has 154 valence electrons. The fourth-order valence-corrected chi connectivity index (χ4v) is 2.92. The first-order valence-corrected chi connectivity index (χ1v) is 10.2. The smallest absolute Gasteiger partial charge is 0.186 e. The molecule has 0 radical (unpaired) electrons. The summed E-state index contributed by atoms with van der Waals surface area (Å²) in [6.45, 7) is 9.43. The van der Waals surface area contributed by atoms with Gasteiger partial charge in [0.05, 0.1) is 12.8 Å². The van der Waals surface area contributed by atoms with E-state index in [1.807, 2.05) is 56.3 Å². The molecule has 0 fully saturated rings. The third-order valence-corrected chi connectivity index (χ3v) is 4.32. The molecule has 0 saturated carbocycles. The fourth-order valence-electron chi connectivity index (χ4n) is 2.59. The standard InChI is InChI=1S/C22H26ClN3O2S/c1-4-7-18-12-17(14-25-26-22(29)24-5-2)13-20(27-6-3)21(18)28-15-16-8-10-19(23)11-9-16/h4,8-14H,1,5-7,15H2,2-3H3,(H2,24,26,29)/b25-14-. The minimum absolute atomic E-state index is 0.410. The van der Waals surface area contributed by atoms with Crippen molar-refractivity contribution in [1.82, 2.24) is 10.7 Å². The van der Waals surface area contributed by atoms with Gasteiger partial charge in [0.2, 0.25) is 0 Å². The van der Waals surface area contributed by atoms with Crippen LogP contribution in [0.2, 0.25) is 5.02 Å². The zero-order chi connectivity index (χ0) is 21.1. The minimum atomic E-state index is 0.410. The zero-order valence-corrected chi connectivity index (χ0v) is 18.3. The largest absolute Gasteiger partial charge is 0.490 e. The summed E-state index contributed by atoms with van der Waals surface area (Å²) in [7, 11) is 0. The molecule has 0 aromatic heterocycles. The molecule has 0 bridgehead atoms. The number of rotatable bonds is 10. The van der Waals surface area contributed by atoms with E-state index in [-0.39, 0.29) is 0 Å². The van der Waals surface area contributed by atoms with Gasteiger partial charge in [0, 0.05) is 17.1 Å². The summed E-state index contributed by atoms with van der Waals surface area (Å²) in [6.07, 6.45) is 4.17. The predicted molar refractivity (Wildman–Crippen MR) is 124 cm³/mol. The van der Waals surface area contributed by atoms with Crippen LogP contribution in [0, 0.1) is 0 Å².